The summed E-state index contributed by atoms with van der Waals surface area (Å²) < 4.78 is 8.06. The van der Waals surface area contributed by atoms with Crippen LogP contribution in [0.1, 0.15) is 0 Å². The van der Waals surface area contributed by atoms with Crippen molar-refractivity contribution in [1.82, 2.24) is 0 Å². The van der Waals surface area contributed by atoms with Crippen LogP contribution in [0.5, 0.6) is 0 Å². The molecular formula is OSi2W. The second-order valence-electron chi connectivity index (χ2n) is 0. The standard InChI is InChI=1S/OSi.Si.W/c1-2;;. The Labute approximate surface area is 46.9 Å². The van der Waals surface area contributed by atoms with E-state index in [9.17, 15) is 0 Å². The molecule has 0 spiro atoms. The first kappa shape index (κ1) is 20.5. The summed E-state index contributed by atoms with van der Waals surface area (Å²) in [5.41, 5.74) is 0. The molecule has 0 aliphatic heterocycles. The summed E-state index contributed by atoms with van der Waals surface area (Å²) >= 11 is 0. The van der Waals surface area contributed by atoms with Gasteiger partial charge < -0.3 is 4.46 Å². The first-order chi connectivity index (χ1) is 1.00. The van der Waals surface area contributed by atoms with Gasteiger partial charge >= 0.3 is 10.1 Å². The summed E-state index contributed by atoms with van der Waals surface area (Å²) in [5, 5.41) is 0. The normalized spacial score (nSPS) is 1.00. The second-order valence-corrected chi connectivity index (χ2v) is 0. The predicted molar refractivity (Wildman–Crippen MR) is 12.2 cm³/mol. The van der Waals surface area contributed by atoms with E-state index in [-0.39, 0.29) is 32.0 Å². The van der Waals surface area contributed by atoms with Gasteiger partial charge in [0.05, 0.1) is 0 Å². The van der Waals surface area contributed by atoms with E-state index in [0.29, 0.717) is 0 Å². The van der Waals surface area contributed by atoms with E-state index in [4.69, 9.17) is 4.46 Å². The average Bonchev–Trinajstić information content (AvgIpc) is 1.00. The van der Waals surface area contributed by atoms with Crippen molar-refractivity contribution in [3.63, 3.8) is 0 Å². The minimum atomic E-state index is 0. The number of hydrogen-bond donors (Lipinski definition) is 0. The Morgan fingerprint density at radius 1 is 1.25 bits per heavy atom. The van der Waals surface area contributed by atoms with Gasteiger partial charge in [0.1, 0.15) is 0 Å². The summed E-state index contributed by atoms with van der Waals surface area (Å²) in [6.07, 6.45) is 0. The van der Waals surface area contributed by atoms with Crippen molar-refractivity contribution >= 4 is 21.1 Å². The average molecular weight is 256 g/mol. The van der Waals surface area contributed by atoms with Crippen LogP contribution in [-0.4, -0.2) is 21.1 Å². The molecule has 20 valence electrons. The number of rotatable bonds is 0. The molecule has 0 aromatic carbocycles. The largest absolute Gasteiger partial charge is 0.381 e. The molecule has 0 aliphatic carbocycles. The topological polar surface area (TPSA) is 17.1 Å². The molecule has 0 fully saturated rings. The first-order valence-corrected chi connectivity index (χ1v) is 0.612. The van der Waals surface area contributed by atoms with E-state index in [1.165, 1.54) is 0 Å². The molecule has 0 aromatic rings. The fraction of sp³-hybridized carbons (Fsp3) is 0. The van der Waals surface area contributed by atoms with Gasteiger partial charge in [0, 0.05) is 32.0 Å². The molecule has 0 unspecified atom stereocenters. The monoisotopic (exact) mass is 256 g/mol. The van der Waals surface area contributed by atoms with Gasteiger partial charge in [0.25, 0.3) is 0 Å². The third-order valence-electron chi connectivity index (χ3n) is 0. The van der Waals surface area contributed by atoms with Crippen LogP contribution in [0.4, 0.5) is 0 Å². The Balaban J connectivity index is -0.00000000500. The van der Waals surface area contributed by atoms with Crippen LogP contribution in [0.2, 0.25) is 0 Å². The maximum Gasteiger partial charge on any atom is 0.381 e. The van der Waals surface area contributed by atoms with Gasteiger partial charge in [-0.1, -0.05) is 0 Å². The third-order valence-corrected chi connectivity index (χ3v) is 0. The van der Waals surface area contributed by atoms with Gasteiger partial charge in [-0.15, -0.1) is 0 Å². The van der Waals surface area contributed by atoms with Crippen molar-refractivity contribution < 1.29 is 25.5 Å². The Kier molecular flexibility index (Phi) is 202. The second kappa shape index (κ2) is 39.4. The van der Waals surface area contributed by atoms with E-state index in [1.54, 1.807) is 10.1 Å². The zero-order valence-electron chi connectivity index (χ0n) is 1.82. The minimum absolute atomic E-state index is 0. The molecule has 0 saturated heterocycles. The molecule has 4 heteroatoms. The fourth-order valence-electron chi connectivity index (χ4n) is 0. The molecule has 0 bridgehead atoms. The van der Waals surface area contributed by atoms with E-state index < -0.39 is 0 Å². The molecular weight excluding hydrogens is 256 g/mol. The van der Waals surface area contributed by atoms with Crippen LogP contribution in [0.15, 0.2) is 0 Å². The number of hydrogen-bond acceptors (Lipinski definition) is 1. The third kappa shape index (κ3) is 12.7. The van der Waals surface area contributed by atoms with E-state index >= 15 is 0 Å². The van der Waals surface area contributed by atoms with Crippen molar-refractivity contribution in [2.45, 2.75) is 0 Å². The molecule has 4 heavy (non-hydrogen) atoms. The predicted octanol–water partition coefficient (Wildman–Crippen LogP) is -0.883. The zero-order chi connectivity index (χ0) is 2.00. The van der Waals surface area contributed by atoms with Crippen LogP contribution in [0.25, 0.3) is 0 Å². The van der Waals surface area contributed by atoms with Crippen molar-refractivity contribution in [2.75, 3.05) is 0 Å². The van der Waals surface area contributed by atoms with Crippen LogP contribution in [-0.2, 0) is 25.5 Å². The quantitative estimate of drug-likeness (QED) is 0.514. The van der Waals surface area contributed by atoms with Gasteiger partial charge in [0.15, 0.2) is 0 Å². The zero-order valence-corrected chi connectivity index (χ0v) is 6.75. The SMILES string of the molecule is O=[Si].[Si].[W]. The summed E-state index contributed by atoms with van der Waals surface area (Å²) in [7, 11) is 1.72. The molecule has 0 heterocycles. The Hall–Kier alpha value is 0.922. The van der Waals surface area contributed by atoms with E-state index in [0.717, 1.165) is 0 Å². The van der Waals surface area contributed by atoms with Crippen LogP contribution < -0.4 is 0 Å². The van der Waals surface area contributed by atoms with Crippen LogP contribution in [0.3, 0.4) is 0 Å². The summed E-state index contributed by atoms with van der Waals surface area (Å²) in [5.74, 6) is 0. The Morgan fingerprint density at radius 3 is 1.25 bits per heavy atom. The molecule has 0 N–H and O–H groups in total. The molecule has 0 rings (SSSR count). The minimum Gasteiger partial charge on any atom is -0.381 e. The maximum absolute atomic E-state index is 8.06. The van der Waals surface area contributed by atoms with Gasteiger partial charge in [-0.05, 0) is 0 Å². The Bertz CT molecular complexity index is 6.00. The first-order valence-electron chi connectivity index (χ1n) is 0.204. The summed E-state index contributed by atoms with van der Waals surface area (Å²) in [6, 6.07) is 0. The molecule has 0 aromatic heterocycles. The van der Waals surface area contributed by atoms with Crippen molar-refractivity contribution in [3.05, 3.63) is 0 Å². The summed E-state index contributed by atoms with van der Waals surface area (Å²) in [4.78, 5) is 0. The fourth-order valence-corrected chi connectivity index (χ4v) is 0. The molecule has 0 saturated carbocycles. The maximum atomic E-state index is 8.06. The van der Waals surface area contributed by atoms with Crippen LogP contribution in [0, 0.1) is 0 Å². The van der Waals surface area contributed by atoms with Gasteiger partial charge in [-0.3, -0.25) is 0 Å². The van der Waals surface area contributed by atoms with Crippen molar-refractivity contribution in [3.8, 4) is 0 Å². The van der Waals surface area contributed by atoms with Gasteiger partial charge in [-0.2, -0.15) is 0 Å². The van der Waals surface area contributed by atoms with Gasteiger partial charge in [0.2, 0.25) is 0 Å². The molecule has 0 aliphatic rings. The van der Waals surface area contributed by atoms with Gasteiger partial charge in [-0.25, -0.2) is 0 Å². The smallest absolute Gasteiger partial charge is 0.381 e. The van der Waals surface area contributed by atoms with Crippen molar-refractivity contribution in [1.29, 1.82) is 0 Å². The molecule has 1 nitrogen and oxygen atoms in total. The van der Waals surface area contributed by atoms with Crippen molar-refractivity contribution in [2.24, 2.45) is 0 Å². The van der Waals surface area contributed by atoms with E-state index in [1.807, 2.05) is 0 Å². The molecule has 6 radical (unpaired) electrons. The molecule has 0 atom stereocenters. The summed E-state index contributed by atoms with van der Waals surface area (Å²) in [6.45, 7) is 0. The Morgan fingerprint density at radius 2 is 1.25 bits per heavy atom. The van der Waals surface area contributed by atoms with E-state index in [2.05, 4.69) is 0 Å². The molecule has 0 amide bonds. The van der Waals surface area contributed by atoms with Crippen LogP contribution >= 0.6 is 0 Å².